The van der Waals surface area contributed by atoms with Crippen LogP contribution < -0.4 is 0 Å². The maximum Gasteiger partial charge on any atom is 0.339 e. The molecule has 0 saturated heterocycles. The Morgan fingerprint density at radius 3 is 2.00 bits per heavy atom. The minimum absolute atomic E-state index is 0.271. The lowest BCUT2D eigenvalue weighted by molar-refractivity contribution is -0.142. The van der Waals surface area contributed by atoms with Crippen molar-refractivity contribution in [3.63, 3.8) is 0 Å². The molecule has 1 fully saturated rings. The lowest BCUT2D eigenvalue weighted by atomic mass is 10.3. The molecular weight excluding hydrogens is 428 g/mol. The van der Waals surface area contributed by atoms with Crippen LogP contribution in [0.25, 0.3) is 0 Å². The molecular formula is C12H16Cl5N2O3P. The van der Waals surface area contributed by atoms with Gasteiger partial charge in [0.25, 0.3) is 0 Å². The monoisotopic (exact) mass is 442 g/mol. The first kappa shape index (κ1) is 21.7. The van der Waals surface area contributed by atoms with Gasteiger partial charge in [-0.05, 0) is 60.4 Å². The second kappa shape index (κ2) is 9.98. The second-order valence-corrected chi connectivity index (χ2v) is 11.9. The van der Waals surface area contributed by atoms with Crippen molar-refractivity contribution in [2.45, 2.75) is 38.9 Å². The number of hydrogen-bond acceptors (Lipinski definition) is 5. The summed E-state index contributed by atoms with van der Waals surface area (Å²) in [5.41, 5.74) is 0.530. The maximum absolute atomic E-state index is 9.51. The zero-order chi connectivity index (χ0) is 17.6. The average molecular weight is 445 g/mol. The van der Waals surface area contributed by atoms with Gasteiger partial charge in [-0.25, -0.2) is 9.97 Å². The van der Waals surface area contributed by atoms with E-state index in [1.165, 1.54) is 0 Å². The van der Waals surface area contributed by atoms with E-state index in [0.29, 0.717) is 29.8 Å². The zero-order valence-corrected chi connectivity index (χ0v) is 17.1. The molecule has 0 atom stereocenters. The van der Waals surface area contributed by atoms with E-state index in [1.807, 2.05) is 13.8 Å². The molecule has 1 aliphatic rings. The highest BCUT2D eigenvalue weighted by atomic mass is 36.0. The van der Waals surface area contributed by atoms with Crippen molar-refractivity contribution in [2.75, 3.05) is 13.2 Å². The summed E-state index contributed by atoms with van der Waals surface area (Å²) in [6.45, 7) is 4.82. The number of aromatic nitrogens is 2. The smallest absolute Gasteiger partial charge is 0.339 e. The summed E-state index contributed by atoms with van der Waals surface area (Å²) in [5.74, 6) is 1.14. The molecule has 0 bridgehead atoms. The summed E-state index contributed by atoms with van der Waals surface area (Å²) in [5, 5.41) is -2.64. The highest BCUT2D eigenvalue weighted by Gasteiger charge is 2.30. The normalized spacial score (nSPS) is 14.6. The van der Waals surface area contributed by atoms with Crippen LogP contribution in [-0.2, 0) is 14.0 Å². The SMILES string of the molecule is CCOC(OCC)c1nc(C2CC2)nc(Cl)c1Cl.O=P(Cl)(Cl)Cl. The highest BCUT2D eigenvalue weighted by Crippen LogP contribution is 2.61. The van der Waals surface area contributed by atoms with Crippen molar-refractivity contribution in [3.05, 3.63) is 21.7 Å². The zero-order valence-electron chi connectivity index (χ0n) is 12.4. The van der Waals surface area contributed by atoms with Gasteiger partial charge < -0.3 is 9.47 Å². The Morgan fingerprint density at radius 2 is 1.61 bits per heavy atom. The third-order valence-corrected chi connectivity index (χ3v) is 3.40. The highest BCUT2D eigenvalue weighted by molar-refractivity contribution is 8.24. The van der Waals surface area contributed by atoms with Gasteiger partial charge in [-0.2, -0.15) is 0 Å². The lowest BCUT2D eigenvalue weighted by Gasteiger charge is -2.18. The molecule has 23 heavy (non-hydrogen) atoms. The topological polar surface area (TPSA) is 61.3 Å². The van der Waals surface area contributed by atoms with E-state index >= 15 is 0 Å². The minimum atomic E-state index is -3.22. The summed E-state index contributed by atoms with van der Waals surface area (Å²) < 4.78 is 20.5. The van der Waals surface area contributed by atoms with Gasteiger partial charge in [0.1, 0.15) is 16.5 Å². The molecule has 0 unspecified atom stereocenters. The first-order valence-electron chi connectivity index (χ1n) is 6.82. The van der Waals surface area contributed by atoms with Gasteiger partial charge in [0.2, 0.25) is 6.29 Å². The Bertz CT molecular complexity index is 554. The van der Waals surface area contributed by atoms with Gasteiger partial charge in [0.15, 0.2) is 5.15 Å². The van der Waals surface area contributed by atoms with E-state index in [-0.39, 0.29) is 5.15 Å². The van der Waals surface area contributed by atoms with Crippen molar-refractivity contribution in [1.82, 2.24) is 9.97 Å². The molecule has 5 nitrogen and oxygen atoms in total. The molecule has 0 radical (unpaired) electrons. The van der Waals surface area contributed by atoms with Crippen LogP contribution in [0.5, 0.6) is 0 Å². The average Bonchev–Trinajstić information content (AvgIpc) is 3.24. The van der Waals surface area contributed by atoms with Crippen molar-refractivity contribution in [2.24, 2.45) is 0 Å². The Morgan fingerprint density at radius 1 is 1.13 bits per heavy atom. The van der Waals surface area contributed by atoms with Crippen LogP contribution >= 0.6 is 62.1 Å². The van der Waals surface area contributed by atoms with Gasteiger partial charge in [-0.3, -0.25) is 4.57 Å². The summed E-state index contributed by atoms with van der Waals surface area (Å²) in [6.07, 6.45) is 1.63. The first-order chi connectivity index (χ1) is 10.7. The van der Waals surface area contributed by atoms with Crippen molar-refractivity contribution >= 4 is 62.1 Å². The van der Waals surface area contributed by atoms with Crippen LogP contribution in [-0.4, -0.2) is 23.2 Å². The largest absolute Gasteiger partial charge is 0.347 e. The number of ether oxygens (including phenoxy) is 2. The van der Waals surface area contributed by atoms with Gasteiger partial charge in [-0.15, -0.1) is 0 Å². The maximum atomic E-state index is 9.51. The van der Waals surface area contributed by atoms with E-state index < -0.39 is 11.5 Å². The lowest BCUT2D eigenvalue weighted by Crippen LogP contribution is -2.13. The van der Waals surface area contributed by atoms with E-state index in [4.69, 9.17) is 32.7 Å². The molecule has 11 heteroatoms. The molecule has 1 aromatic rings. The van der Waals surface area contributed by atoms with Gasteiger partial charge in [0.05, 0.1) is 0 Å². The van der Waals surface area contributed by atoms with Crippen LogP contribution in [0.1, 0.15) is 50.4 Å². The molecule has 2 rings (SSSR count). The first-order valence-corrected chi connectivity index (χ1v) is 12.0. The van der Waals surface area contributed by atoms with Crippen LogP contribution in [0.15, 0.2) is 0 Å². The fourth-order valence-electron chi connectivity index (χ4n) is 1.64. The van der Waals surface area contributed by atoms with Crippen molar-refractivity contribution < 1.29 is 14.0 Å². The van der Waals surface area contributed by atoms with Gasteiger partial charge in [-0.1, -0.05) is 23.2 Å². The molecule has 0 spiro atoms. The summed E-state index contributed by atoms with van der Waals surface area (Å²) in [7, 11) is 0. The Hall–Kier alpha value is 0.680. The third-order valence-electron chi connectivity index (χ3n) is 2.66. The predicted molar refractivity (Wildman–Crippen MR) is 95.2 cm³/mol. The summed E-state index contributed by atoms with van der Waals surface area (Å²) >= 11 is 26.0. The summed E-state index contributed by atoms with van der Waals surface area (Å²) in [4.78, 5) is 8.66. The Labute approximate surface area is 159 Å². The van der Waals surface area contributed by atoms with E-state index in [1.54, 1.807) is 0 Å². The Kier molecular flexibility index (Phi) is 9.43. The number of hydrogen-bond donors (Lipinski definition) is 0. The molecule has 132 valence electrons. The van der Waals surface area contributed by atoms with Crippen LogP contribution in [0.2, 0.25) is 10.2 Å². The third kappa shape index (κ3) is 8.55. The second-order valence-electron chi connectivity index (χ2n) is 4.49. The van der Waals surface area contributed by atoms with Crippen molar-refractivity contribution in [1.29, 1.82) is 0 Å². The predicted octanol–water partition coefficient (Wildman–Crippen LogP) is 6.54. The Balaban J connectivity index is 0.000000463. The molecule has 0 amide bonds. The number of nitrogens with zero attached hydrogens (tertiary/aromatic N) is 2. The molecule has 1 aromatic heterocycles. The molecule has 0 N–H and O–H groups in total. The van der Waals surface area contributed by atoms with Crippen LogP contribution in [0.3, 0.4) is 0 Å². The van der Waals surface area contributed by atoms with Gasteiger partial charge >= 0.3 is 5.20 Å². The summed E-state index contributed by atoms with van der Waals surface area (Å²) in [6, 6.07) is 0. The van der Waals surface area contributed by atoms with Crippen molar-refractivity contribution in [3.8, 4) is 0 Å². The molecule has 0 aliphatic heterocycles. The van der Waals surface area contributed by atoms with E-state index in [2.05, 4.69) is 43.7 Å². The van der Waals surface area contributed by atoms with E-state index in [0.717, 1.165) is 18.7 Å². The molecule has 0 aromatic carbocycles. The van der Waals surface area contributed by atoms with E-state index in [9.17, 15) is 4.57 Å². The fourth-order valence-corrected chi connectivity index (χ4v) is 2.00. The van der Waals surface area contributed by atoms with Crippen LogP contribution in [0.4, 0.5) is 0 Å². The quantitative estimate of drug-likeness (QED) is 0.283. The van der Waals surface area contributed by atoms with Gasteiger partial charge in [0, 0.05) is 19.1 Å². The fraction of sp³-hybridized carbons (Fsp3) is 0.667. The molecule has 1 saturated carbocycles. The minimum Gasteiger partial charge on any atom is -0.347 e. The van der Waals surface area contributed by atoms with Crippen LogP contribution in [0, 0.1) is 0 Å². The standard InChI is InChI=1S/C12H16Cl2N2O2.Cl3OP/c1-3-17-12(18-4-2)9-8(13)10(14)16-11(15-9)7-5-6-7;1-5(2,3)4/h7,12H,3-6H2,1-2H3;. The number of rotatable bonds is 6. The molecule has 1 aliphatic carbocycles. The number of halogens is 5. The molecule has 1 heterocycles.